The number of carbonyl (C=O) groups is 1. The Balaban J connectivity index is 2.62. The standard InChI is InChI=1S/C11H16FN3O3S/c1-19(17,18)7-3-6-14-11(16)8-4-2-5-9(12)10(8)15-13/h2,4-5,15H,3,6-7,13H2,1H3,(H,14,16). The number of rotatable bonds is 6. The van der Waals surface area contributed by atoms with E-state index in [2.05, 4.69) is 10.7 Å². The lowest BCUT2D eigenvalue weighted by molar-refractivity contribution is 0.0954. The Bertz CT molecular complexity index is 560. The molecule has 0 aliphatic rings. The molecule has 0 aliphatic carbocycles. The predicted molar refractivity (Wildman–Crippen MR) is 70.9 cm³/mol. The zero-order chi connectivity index (χ0) is 14.5. The number of hydrazine groups is 1. The second-order valence-corrected chi connectivity index (χ2v) is 6.31. The third-order valence-corrected chi connectivity index (χ3v) is 3.41. The van der Waals surface area contributed by atoms with E-state index in [1.54, 1.807) is 0 Å². The van der Waals surface area contributed by atoms with Crippen LogP contribution in [-0.4, -0.2) is 32.9 Å². The molecule has 0 saturated carbocycles. The van der Waals surface area contributed by atoms with E-state index in [0.29, 0.717) is 6.42 Å². The van der Waals surface area contributed by atoms with Crippen molar-refractivity contribution in [1.82, 2.24) is 5.32 Å². The third kappa shape index (κ3) is 4.84. The van der Waals surface area contributed by atoms with E-state index in [9.17, 15) is 17.6 Å². The van der Waals surface area contributed by atoms with E-state index in [-0.39, 0.29) is 23.5 Å². The molecule has 0 unspecified atom stereocenters. The van der Waals surface area contributed by atoms with Gasteiger partial charge in [0.15, 0.2) is 0 Å². The number of para-hydroxylation sites is 1. The highest BCUT2D eigenvalue weighted by atomic mass is 32.2. The molecule has 1 aromatic carbocycles. The van der Waals surface area contributed by atoms with Crippen molar-refractivity contribution in [2.45, 2.75) is 6.42 Å². The van der Waals surface area contributed by atoms with Crippen molar-refractivity contribution in [1.29, 1.82) is 0 Å². The zero-order valence-electron chi connectivity index (χ0n) is 10.4. The van der Waals surface area contributed by atoms with Gasteiger partial charge in [0.25, 0.3) is 5.91 Å². The number of carbonyl (C=O) groups excluding carboxylic acids is 1. The molecule has 0 saturated heterocycles. The second-order valence-electron chi connectivity index (χ2n) is 4.05. The average molecular weight is 289 g/mol. The molecule has 106 valence electrons. The summed E-state index contributed by atoms with van der Waals surface area (Å²) < 4.78 is 35.2. The van der Waals surface area contributed by atoms with Crippen LogP contribution in [0.5, 0.6) is 0 Å². The Morgan fingerprint density at radius 3 is 2.68 bits per heavy atom. The van der Waals surface area contributed by atoms with E-state index < -0.39 is 21.6 Å². The molecule has 19 heavy (non-hydrogen) atoms. The number of benzene rings is 1. The van der Waals surface area contributed by atoms with E-state index in [1.807, 2.05) is 0 Å². The maximum atomic E-state index is 13.4. The van der Waals surface area contributed by atoms with Crippen LogP contribution in [0, 0.1) is 5.82 Å². The fraction of sp³-hybridized carbons (Fsp3) is 0.364. The summed E-state index contributed by atoms with van der Waals surface area (Å²) in [5, 5.41) is 2.51. The van der Waals surface area contributed by atoms with Gasteiger partial charge in [0.2, 0.25) is 0 Å². The van der Waals surface area contributed by atoms with Crippen LogP contribution < -0.4 is 16.6 Å². The van der Waals surface area contributed by atoms with Crippen molar-refractivity contribution in [2.24, 2.45) is 5.84 Å². The first-order valence-corrected chi connectivity index (χ1v) is 7.62. The number of amides is 1. The fourth-order valence-corrected chi connectivity index (χ4v) is 2.16. The molecular weight excluding hydrogens is 273 g/mol. The van der Waals surface area contributed by atoms with Crippen LogP contribution in [0.15, 0.2) is 18.2 Å². The smallest absolute Gasteiger partial charge is 0.253 e. The van der Waals surface area contributed by atoms with Crippen molar-refractivity contribution < 1.29 is 17.6 Å². The molecule has 0 atom stereocenters. The summed E-state index contributed by atoms with van der Waals surface area (Å²) in [4.78, 5) is 11.8. The summed E-state index contributed by atoms with van der Waals surface area (Å²) in [7, 11) is -3.05. The lowest BCUT2D eigenvalue weighted by Crippen LogP contribution is -2.27. The number of halogens is 1. The van der Waals surface area contributed by atoms with Gasteiger partial charge in [0.05, 0.1) is 17.0 Å². The highest BCUT2D eigenvalue weighted by molar-refractivity contribution is 7.90. The maximum Gasteiger partial charge on any atom is 0.253 e. The molecule has 0 spiro atoms. The summed E-state index contributed by atoms with van der Waals surface area (Å²) in [5.41, 5.74) is 2.10. The lowest BCUT2D eigenvalue weighted by Gasteiger charge is -2.10. The van der Waals surface area contributed by atoms with Gasteiger partial charge in [-0.3, -0.25) is 10.6 Å². The topological polar surface area (TPSA) is 101 Å². The van der Waals surface area contributed by atoms with Gasteiger partial charge in [0.1, 0.15) is 15.7 Å². The van der Waals surface area contributed by atoms with Crippen molar-refractivity contribution in [2.75, 3.05) is 24.0 Å². The van der Waals surface area contributed by atoms with Gasteiger partial charge in [-0.25, -0.2) is 12.8 Å². The molecule has 1 aromatic rings. The molecular formula is C11H16FN3O3S. The quantitative estimate of drug-likeness (QED) is 0.396. The monoisotopic (exact) mass is 289 g/mol. The number of hydrogen-bond donors (Lipinski definition) is 3. The predicted octanol–water partition coefficient (Wildman–Crippen LogP) is 0.276. The molecule has 1 rings (SSSR count). The summed E-state index contributed by atoms with van der Waals surface area (Å²) in [6, 6.07) is 3.99. The number of anilines is 1. The van der Waals surface area contributed by atoms with Crippen molar-refractivity contribution in [3.63, 3.8) is 0 Å². The highest BCUT2D eigenvalue weighted by Crippen LogP contribution is 2.18. The first kappa shape index (κ1) is 15.4. The number of nitrogen functional groups attached to an aromatic ring is 1. The zero-order valence-corrected chi connectivity index (χ0v) is 11.3. The molecule has 0 aliphatic heterocycles. The largest absolute Gasteiger partial charge is 0.352 e. The SMILES string of the molecule is CS(=O)(=O)CCCNC(=O)c1cccc(F)c1NN. The molecule has 8 heteroatoms. The third-order valence-electron chi connectivity index (χ3n) is 2.38. The number of hydrogen-bond acceptors (Lipinski definition) is 5. The number of nitrogens with one attached hydrogen (secondary N) is 2. The number of sulfone groups is 1. The fourth-order valence-electron chi connectivity index (χ4n) is 1.49. The second kappa shape index (κ2) is 6.48. The Kier molecular flexibility index (Phi) is 5.25. The van der Waals surface area contributed by atoms with Crippen LogP contribution in [0.3, 0.4) is 0 Å². The molecule has 6 nitrogen and oxygen atoms in total. The van der Waals surface area contributed by atoms with E-state index in [4.69, 9.17) is 5.84 Å². The van der Waals surface area contributed by atoms with Crippen molar-refractivity contribution >= 4 is 21.4 Å². The Hall–Kier alpha value is -1.67. The van der Waals surface area contributed by atoms with Crippen molar-refractivity contribution in [3.8, 4) is 0 Å². The van der Waals surface area contributed by atoms with Gasteiger partial charge in [-0.15, -0.1) is 0 Å². The minimum Gasteiger partial charge on any atom is -0.352 e. The van der Waals surface area contributed by atoms with E-state index >= 15 is 0 Å². The molecule has 0 radical (unpaired) electrons. The minimum atomic E-state index is -3.05. The van der Waals surface area contributed by atoms with Gasteiger partial charge in [-0.1, -0.05) is 6.07 Å². The van der Waals surface area contributed by atoms with Crippen molar-refractivity contribution in [3.05, 3.63) is 29.6 Å². The van der Waals surface area contributed by atoms with Crippen LogP contribution in [0.2, 0.25) is 0 Å². The molecule has 0 heterocycles. The first-order valence-electron chi connectivity index (χ1n) is 5.56. The Morgan fingerprint density at radius 1 is 1.42 bits per heavy atom. The van der Waals surface area contributed by atoms with Crippen LogP contribution >= 0.6 is 0 Å². The van der Waals surface area contributed by atoms with Gasteiger partial charge in [-0.2, -0.15) is 0 Å². The van der Waals surface area contributed by atoms with Crippen LogP contribution in [-0.2, 0) is 9.84 Å². The number of nitrogens with two attached hydrogens (primary N) is 1. The van der Waals surface area contributed by atoms with Gasteiger partial charge >= 0.3 is 0 Å². The summed E-state index contributed by atoms with van der Waals surface area (Å²) in [5.74, 6) is 3.99. The van der Waals surface area contributed by atoms with Gasteiger partial charge in [-0.05, 0) is 18.6 Å². The molecule has 0 fully saturated rings. The highest BCUT2D eigenvalue weighted by Gasteiger charge is 2.14. The summed E-state index contributed by atoms with van der Waals surface area (Å²) >= 11 is 0. The molecule has 0 bridgehead atoms. The van der Waals surface area contributed by atoms with Gasteiger partial charge in [0, 0.05) is 12.8 Å². The van der Waals surface area contributed by atoms with Crippen LogP contribution in [0.4, 0.5) is 10.1 Å². The summed E-state index contributed by atoms with van der Waals surface area (Å²) in [6.07, 6.45) is 1.42. The first-order chi connectivity index (χ1) is 8.85. The minimum absolute atomic E-state index is 0.0154. The molecule has 0 aromatic heterocycles. The van der Waals surface area contributed by atoms with Crippen LogP contribution in [0.1, 0.15) is 16.8 Å². The summed E-state index contributed by atoms with van der Waals surface area (Å²) in [6.45, 7) is 0.187. The Labute approximate surface area is 111 Å². The molecule has 1 amide bonds. The molecule has 4 N–H and O–H groups in total. The van der Waals surface area contributed by atoms with Crippen LogP contribution in [0.25, 0.3) is 0 Å². The van der Waals surface area contributed by atoms with E-state index in [0.717, 1.165) is 6.26 Å². The Morgan fingerprint density at radius 2 is 2.11 bits per heavy atom. The van der Waals surface area contributed by atoms with E-state index in [1.165, 1.54) is 18.2 Å². The average Bonchev–Trinajstić information content (AvgIpc) is 2.33. The van der Waals surface area contributed by atoms with Gasteiger partial charge < -0.3 is 10.7 Å². The normalized spacial score (nSPS) is 11.1. The lowest BCUT2D eigenvalue weighted by atomic mass is 10.1. The maximum absolute atomic E-state index is 13.4.